The maximum absolute atomic E-state index is 12.2. The van der Waals surface area contributed by atoms with Gasteiger partial charge in [0.05, 0.1) is 21.3 Å². The van der Waals surface area contributed by atoms with E-state index in [0.29, 0.717) is 34.0 Å². The topological polar surface area (TPSA) is 97.6 Å². The molecule has 3 aromatic rings. The zero-order valence-corrected chi connectivity index (χ0v) is 26.7. The number of aliphatic hydroxyl groups excluding tert-OH is 1. The van der Waals surface area contributed by atoms with E-state index >= 15 is 0 Å². The Morgan fingerprint density at radius 1 is 0.932 bits per heavy atom. The van der Waals surface area contributed by atoms with E-state index < -0.39 is 12.2 Å². The first-order valence-corrected chi connectivity index (χ1v) is 17.6. The Morgan fingerprint density at radius 2 is 1.70 bits per heavy atom. The number of phenolic OH excluding ortho intramolecular Hbond substituents is 2. The zero-order chi connectivity index (χ0) is 30.5. The third-order valence-corrected chi connectivity index (χ3v) is 12.5. The third kappa shape index (κ3) is 5.07. The molecule has 9 heteroatoms. The van der Waals surface area contributed by atoms with Gasteiger partial charge in [-0.05, 0) is 84.9 Å². The standard InChI is InChI=1S/C35H38O7S2/c1-39-27-16-28-32-25-12-19(24-15-21(36)9-10-23(24)31(25)27)8-7-18-5-4-6-22(11-18)44-43-17-26(32)33(37)35(42-28)20-13-29(40-2)34(38)30(14-20)41-3/h4,6,9-10,13-16,18-19,22,26,33,35-38H,5,7-8,11-12,17H2,1-3H3/t18-,19-,22+,26-,33-,35-/m1/s1. The molecule has 2 heterocycles. The van der Waals surface area contributed by atoms with Gasteiger partial charge in [-0.3, -0.25) is 0 Å². The van der Waals surface area contributed by atoms with Gasteiger partial charge in [-0.1, -0.05) is 39.8 Å². The maximum Gasteiger partial charge on any atom is 0.200 e. The highest BCUT2D eigenvalue weighted by Gasteiger charge is 2.43. The predicted octanol–water partition coefficient (Wildman–Crippen LogP) is 7.52. The summed E-state index contributed by atoms with van der Waals surface area (Å²) in [5.74, 6) is 3.44. The molecular weight excluding hydrogens is 597 g/mol. The SMILES string of the molecule is COc1cc([C@H]2Oc3cc(OC)c4c5c3[C@@H](CSS[C@H]3C=CC[C@H](CC[C@H](C5)c5cc(O)ccc5-4)C3)[C@H]2O)cc(OC)c1O. The van der Waals surface area contributed by atoms with E-state index in [-0.39, 0.29) is 34.8 Å². The molecule has 2 aliphatic carbocycles. The Bertz CT molecular complexity index is 1580. The van der Waals surface area contributed by atoms with E-state index in [1.54, 1.807) is 25.3 Å². The minimum atomic E-state index is -0.869. The van der Waals surface area contributed by atoms with Crippen LogP contribution in [-0.2, 0) is 6.42 Å². The van der Waals surface area contributed by atoms with Gasteiger partial charge in [0.15, 0.2) is 17.6 Å². The lowest BCUT2D eigenvalue weighted by Gasteiger charge is -2.41. The summed E-state index contributed by atoms with van der Waals surface area (Å²) in [6.45, 7) is 0. The summed E-state index contributed by atoms with van der Waals surface area (Å²) in [5.41, 5.74) is 6.12. The minimum absolute atomic E-state index is 0.0937. The number of aliphatic hydroxyl groups is 1. The van der Waals surface area contributed by atoms with Crippen LogP contribution in [-0.4, -0.2) is 53.8 Å². The molecule has 232 valence electrons. The molecule has 0 saturated heterocycles. The molecule has 0 radical (unpaired) electrons. The van der Waals surface area contributed by atoms with Crippen molar-refractivity contribution in [3.8, 4) is 45.6 Å². The summed E-state index contributed by atoms with van der Waals surface area (Å²) < 4.78 is 23.6. The largest absolute Gasteiger partial charge is 0.508 e. The van der Waals surface area contributed by atoms with Gasteiger partial charge in [-0.25, -0.2) is 0 Å². The molecule has 0 spiro atoms. The third-order valence-electron chi connectivity index (χ3n) is 9.74. The number of ether oxygens (including phenoxy) is 4. The van der Waals surface area contributed by atoms with E-state index in [9.17, 15) is 15.3 Å². The van der Waals surface area contributed by atoms with Crippen molar-refractivity contribution in [3.05, 3.63) is 70.8 Å². The first kappa shape index (κ1) is 29.6. The predicted molar refractivity (Wildman–Crippen MR) is 175 cm³/mol. The summed E-state index contributed by atoms with van der Waals surface area (Å²) >= 11 is 0. The van der Waals surface area contributed by atoms with E-state index in [1.165, 1.54) is 14.2 Å². The molecule has 4 aliphatic rings. The zero-order valence-electron chi connectivity index (χ0n) is 25.1. The number of hydrogen-bond donors (Lipinski definition) is 3. The normalized spacial score (nSPS) is 27.1. The molecule has 6 atom stereocenters. The average Bonchev–Trinajstić information content (AvgIpc) is 3.04. The van der Waals surface area contributed by atoms with Gasteiger partial charge >= 0.3 is 0 Å². The lowest BCUT2D eigenvalue weighted by Crippen LogP contribution is -2.37. The Kier molecular flexibility index (Phi) is 8.05. The second kappa shape index (κ2) is 12.0. The molecule has 3 aromatic carbocycles. The van der Waals surface area contributed by atoms with Crippen LogP contribution in [0.15, 0.2) is 48.6 Å². The van der Waals surface area contributed by atoms with Gasteiger partial charge in [0.2, 0.25) is 5.75 Å². The van der Waals surface area contributed by atoms with Crippen LogP contribution in [0.1, 0.15) is 65.9 Å². The van der Waals surface area contributed by atoms with Crippen LogP contribution < -0.4 is 18.9 Å². The molecule has 0 amide bonds. The molecule has 7 rings (SSSR count). The Labute approximate surface area is 266 Å². The lowest BCUT2D eigenvalue weighted by molar-refractivity contribution is 0.00421. The summed E-state index contributed by atoms with van der Waals surface area (Å²) in [7, 11) is 8.38. The average molecular weight is 635 g/mol. The monoisotopic (exact) mass is 634 g/mol. The molecule has 4 bridgehead atoms. The minimum Gasteiger partial charge on any atom is -0.508 e. The van der Waals surface area contributed by atoms with E-state index in [0.717, 1.165) is 59.9 Å². The number of benzene rings is 3. The van der Waals surface area contributed by atoms with Crippen LogP contribution in [0.4, 0.5) is 0 Å². The number of methoxy groups -OCH3 is 3. The van der Waals surface area contributed by atoms with Crippen LogP contribution in [0.25, 0.3) is 11.1 Å². The van der Waals surface area contributed by atoms with Gasteiger partial charge in [0.1, 0.15) is 23.4 Å². The summed E-state index contributed by atoms with van der Waals surface area (Å²) in [6, 6.07) is 11.1. The maximum atomic E-state index is 12.2. The van der Waals surface area contributed by atoms with Gasteiger partial charge < -0.3 is 34.3 Å². The highest BCUT2D eigenvalue weighted by atomic mass is 33.1. The highest BCUT2D eigenvalue weighted by Crippen LogP contribution is 2.57. The quantitative estimate of drug-likeness (QED) is 0.199. The first-order chi connectivity index (χ1) is 21.4. The Morgan fingerprint density at radius 3 is 2.45 bits per heavy atom. The fourth-order valence-electron chi connectivity index (χ4n) is 7.59. The van der Waals surface area contributed by atoms with E-state index in [4.69, 9.17) is 18.9 Å². The van der Waals surface area contributed by atoms with Crippen LogP contribution in [0.2, 0.25) is 0 Å². The molecule has 0 fully saturated rings. The summed E-state index contributed by atoms with van der Waals surface area (Å²) in [5, 5.41) is 33.7. The summed E-state index contributed by atoms with van der Waals surface area (Å²) in [4.78, 5) is 0. The number of hydrogen-bond acceptors (Lipinski definition) is 9. The number of rotatable bonds is 4. The molecule has 0 aromatic heterocycles. The van der Waals surface area contributed by atoms with Crippen molar-refractivity contribution >= 4 is 21.6 Å². The molecule has 3 N–H and O–H groups in total. The molecule has 2 aliphatic heterocycles. The van der Waals surface area contributed by atoms with Crippen LogP contribution >= 0.6 is 21.6 Å². The Hall–Kier alpha value is -3.14. The van der Waals surface area contributed by atoms with Crippen molar-refractivity contribution in [2.24, 2.45) is 5.92 Å². The van der Waals surface area contributed by atoms with Crippen molar-refractivity contribution in [2.75, 3.05) is 27.1 Å². The molecule has 44 heavy (non-hydrogen) atoms. The van der Waals surface area contributed by atoms with Crippen molar-refractivity contribution in [3.63, 3.8) is 0 Å². The van der Waals surface area contributed by atoms with Crippen LogP contribution in [0, 0.1) is 5.92 Å². The fraction of sp³-hybridized carbons (Fsp3) is 0.429. The van der Waals surface area contributed by atoms with E-state index in [1.807, 2.05) is 39.8 Å². The smallest absolute Gasteiger partial charge is 0.200 e. The molecule has 0 saturated carbocycles. The number of fused-ring (bicyclic) bond motifs is 6. The van der Waals surface area contributed by atoms with Crippen LogP contribution in [0.5, 0.6) is 34.5 Å². The van der Waals surface area contributed by atoms with Crippen molar-refractivity contribution in [2.45, 2.75) is 61.4 Å². The summed E-state index contributed by atoms with van der Waals surface area (Å²) in [6.07, 6.45) is 8.29. The molecular formula is C35H38O7S2. The molecule has 7 nitrogen and oxygen atoms in total. The lowest BCUT2D eigenvalue weighted by atomic mass is 9.71. The van der Waals surface area contributed by atoms with Gasteiger partial charge in [-0.15, -0.1) is 0 Å². The number of allylic oxidation sites excluding steroid dienone is 1. The number of phenols is 2. The van der Waals surface area contributed by atoms with Gasteiger partial charge in [-0.2, -0.15) is 0 Å². The second-order valence-corrected chi connectivity index (χ2v) is 14.8. The van der Waals surface area contributed by atoms with Crippen molar-refractivity contribution in [1.82, 2.24) is 0 Å². The van der Waals surface area contributed by atoms with Crippen molar-refractivity contribution < 1.29 is 34.3 Å². The van der Waals surface area contributed by atoms with Crippen molar-refractivity contribution in [1.29, 1.82) is 0 Å². The van der Waals surface area contributed by atoms with Crippen LogP contribution in [0.3, 0.4) is 0 Å². The van der Waals surface area contributed by atoms with Gasteiger partial charge in [0.25, 0.3) is 0 Å². The second-order valence-electron chi connectivity index (χ2n) is 12.2. The number of aromatic hydroxyl groups is 2. The first-order valence-electron chi connectivity index (χ1n) is 15.2. The van der Waals surface area contributed by atoms with Gasteiger partial charge in [0, 0.05) is 39.7 Å². The molecule has 0 unspecified atom stereocenters. The van der Waals surface area contributed by atoms with E-state index in [2.05, 4.69) is 12.2 Å². The fourth-order valence-corrected chi connectivity index (χ4v) is 10.5. The highest BCUT2D eigenvalue weighted by molar-refractivity contribution is 8.77. The Balaban J connectivity index is 1.41.